The molecule has 1 aliphatic carbocycles. The molecule has 0 spiro atoms. The number of nitrogens with zero attached hydrogens (tertiary/aromatic N) is 3. The molecule has 2 aliphatic rings. The second-order valence-electron chi connectivity index (χ2n) is 7.62. The van der Waals surface area contributed by atoms with Crippen LogP contribution in [0.5, 0.6) is 0 Å². The molecule has 1 aromatic rings. The molecule has 0 bridgehead atoms. The molecule has 1 N–H and O–H groups in total. The number of nitrogens with one attached hydrogen (secondary N) is 1. The fraction of sp³-hybridized carbons (Fsp3) is 0.667. The summed E-state index contributed by atoms with van der Waals surface area (Å²) in [7, 11) is 3.95. The molecule has 1 aliphatic heterocycles. The quantitative estimate of drug-likeness (QED) is 0.252. The van der Waals surface area contributed by atoms with Gasteiger partial charge in [0, 0.05) is 46.4 Å². The fourth-order valence-corrected chi connectivity index (χ4v) is 3.59. The van der Waals surface area contributed by atoms with Crippen molar-refractivity contribution in [3.63, 3.8) is 0 Å². The minimum atomic E-state index is 0. The number of benzene rings is 1. The van der Waals surface area contributed by atoms with E-state index in [-0.39, 0.29) is 24.0 Å². The first-order valence-electron chi connectivity index (χ1n) is 10.0. The first-order chi connectivity index (χ1) is 12.8. The third-order valence-corrected chi connectivity index (χ3v) is 5.42. The summed E-state index contributed by atoms with van der Waals surface area (Å²) in [5.74, 6) is 1.79. The zero-order chi connectivity index (χ0) is 18.2. The van der Waals surface area contributed by atoms with Gasteiger partial charge in [0.2, 0.25) is 0 Å². The van der Waals surface area contributed by atoms with Crippen molar-refractivity contribution in [2.45, 2.75) is 38.3 Å². The largest absolute Gasteiger partial charge is 0.379 e. The Kier molecular flexibility index (Phi) is 9.86. The standard InChI is InChI=1S/C21H34N4O.HI/c1-22-21(24(2)13-14-26-17-19-10-11-19)23-15-20-9-6-12-25(20)16-18-7-4-3-5-8-18;/h3-5,7-8,19-20H,6,9-17H2,1-2H3,(H,22,23);1H. The predicted molar refractivity (Wildman–Crippen MR) is 123 cm³/mol. The molecule has 1 heterocycles. The number of rotatable bonds is 9. The van der Waals surface area contributed by atoms with E-state index in [1.54, 1.807) is 0 Å². The molecule has 3 rings (SSSR count). The highest BCUT2D eigenvalue weighted by Crippen LogP contribution is 2.28. The molecule has 1 saturated heterocycles. The smallest absolute Gasteiger partial charge is 0.193 e. The normalized spacial score (nSPS) is 20.4. The highest BCUT2D eigenvalue weighted by atomic mass is 127. The molecule has 27 heavy (non-hydrogen) atoms. The lowest BCUT2D eigenvalue weighted by molar-refractivity contribution is 0.115. The van der Waals surface area contributed by atoms with Gasteiger partial charge in [-0.1, -0.05) is 30.3 Å². The SMILES string of the molecule is CN=C(NCC1CCCN1Cc1ccccc1)N(C)CCOCC1CC1.I. The van der Waals surface area contributed by atoms with Crippen molar-refractivity contribution >= 4 is 29.9 Å². The number of halogens is 1. The van der Waals surface area contributed by atoms with Crippen molar-refractivity contribution in [3.05, 3.63) is 35.9 Å². The monoisotopic (exact) mass is 486 g/mol. The molecular formula is C21H35IN4O. The Balaban J connectivity index is 0.00000261. The van der Waals surface area contributed by atoms with Crippen molar-refractivity contribution < 1.29 is 4.74 Å². The van der Waals surface area contributed by atoms with Crippen LogP contribution in [-0.2, 0) is 11.3 Å². The van der Waals surface area contributed by atoms with Gasteiger partial charge in [-0.2, -0.15) is 0 Å². The van der Waals surface area contributed by atoms with Crippen LogP contribution in [-0.4, -0.2) is 68.7 Å². The molecule has 0 aromatic heterocycles. The summed E-state index contributed by atoms with van der Waals surface area (Å²) in [4.78, 5) is 9.20. The molecule has 1 aromatic carbocycles. The van der Waals surface area contributed by atoms with E-state index in [9.17, 15) is 0 Å². The highest BCUT2D eigenvalue weighted by molar-refractivity contribution is 14.0. The Bertz CT molecular complexity index is 565. The lowest BCUT2D eigenvalue weighted by atomic mass is 10.2. The van der Waals surface area contributed by atoms with Crippen molar-refractivity contribution in [1.29, 1.82) is 0 Å². The van der Waals surface area contributed by atoms with E-state index in [2.05, 4.69) is 57.5 Å². The van der Waals surface area contributed by atoms with Crippen LogP contribution in [0.1, 0.15) is 31.2 Å². The van der Waals surface area contributed by atoms with E-state index in [1.165, 1.54) is 37.8 Å². The van der Waals surface area contributed by atoms with E-state index in [1.807, 2.05) is 7.05 Å². The Morgan fingerprint density at radius 1 is 1.26 bits per heavy atom. The highest BCUT2D eigenvalue weighted by Gasteiger charge is 2.25. The molecule has 1 atom stereocenters. The van der Waals surface area contributed by atoms with Gasteiger partial charge in [-0.05, 0) is 43.7 Å². The van der Waals surface area contributed by atoms with Gasteiger partial charge in [-0.25, -0.2) is 0 Å². The Morgan fingerprint density at radius 2 is 2.04 bits per heavy atom. The van der Waals surface area contributed by atoms with Crippen LogP contribution >= 0.6 is 24.0 Å². The van der Waals surface area contributed by atoms with Gasteiger partial charge in [-0.3, -0.25) is 9.89 Å². The summed E-state index contributed by atoms with van der Waals surface area (Å²) in [5.41, 5.74) is 1.40. The third-order valence-electron chi connectivity index (χ3n) is 5.42. The minimum Gasteiger partial charge on any atom is -0.379 e. The number of hydrogen-bond acceptors (Lipinski definition) is 3. The molecule has 1 saturated carbocycles. The number of ether oxygens (including phenoxy) is 1. The summed E-state index contributed by atoms with van der Waals surface area (Å²) < 4.78 is 5.75. The van der Waals surface area contributed by atoms with Crippen LogP contribution < -0.4 is 5.32 Å². The third kappa shape index (κ3) is 7.58. The van der Waals surface area contributed by atoms with Gasteiger partial charge < -0.3 is 15.0 Å². The molecule has 152 valence electrons. The van der Waals surface area contributed by atoms with Gasteiger partial charge in [0.1, 0.15) is 0 Å². The fourth-order valence-electron chi connectivity index (χ4n) is 3.59. The molecule has 2 fully saturated rings. The molecule has 0 radical (unpaired) electrons. The second-order valence-corrected chi connectivity index (χ2v) is 7.62. The van der Waals surface area contributed by atoms with E-state index in [0.717, 1.165) is 44.7 Å². The maximum Gasteiger partial charge on any atom is 0.193 e. The summed E-state index contributed by atoms with van der Waals surface area (Å²) in [6.45, 7) is 5.76. The second kappa shape index (κ2) is 11.9. The van der Waals surface area contributed by atoms with E-state index < -0.39 is 0 Å². The van der Waals surface area contributed by atoms with Crippen LogP contribution in [0.4, 0.5) is 0 Å². The molecule has 1 unspecified atom stereocenters. The molecule has 6 heteroatoms. The van der Waals surface area contributed by atoms with Gasteiger partial charge in [0.25, 0.3) is 0 Å². The number of likely N-dealkylation sites (tertiary alicyclic amines) is 1. The maximum absolute atomic E-state index is 5.75. The Morgan fingerprint density at radius 3 is 2.74 bits per heavy atom. The van der Waals surface area contributed by atoms with Crippen molar-refractivity contribution in [2.75, 3.05) is 46.9 Å². The van der Waals surface area contributed by atoms with E-state index in [4.69, 9.17) is 4.74 Å². The van der Waals surface area contributed by atoms with Crippen molar-refractivity contribution in [2.24, 2.45) is 10.9 Å². The maximum atomic E-state index is 5.75. The van der Waals surface area contributed by atoms with Crippen LogP contribution in [0, 0.1) is 5.92 Å². The number of likely N-dealkylation sites (N-methyl/N-ethyl adjacent to an activating group) is 1. The topological polar surface area (TPSA) is 40.1 Å². The van der Waals surface area contributed by atoms with Gasteiger partial charge in [0.15, 0.2) is 5.96 Å². The van der Waals surface area contributed by atoms with Crippen LogP contribution in [0.3, 0.4) is 0 Å². The van der Waals surface area contributed by atoms with Crippen molar-refractivity contribution in [3.8, 4) is 0 Å². The van der Waals surface area contributed by atoms with E-state index >= 15 is 0 Å². The summed E-state index contributed by atoms with van der Waals surface area (Å²) >= 11 is 0. The number of aliphatic imine (C=N–C) groups is 1. The Hall–Kier alpha value is -0.860. The van der Waals surface area contributed by atoms with Crippen molar-refractivity contribution in [1.82, 2.24) is 15.1 Å². The molecule has 5 nitrogen and oxygen atoms in total. The summed E-state index contributed by atoms with van der Waals surface area (Å²) in [6.07, 6.45) is 5.23. The predicted octanol–water partition coefficient (Wildman–Crippen LogP) is 3.20. The average molecular weight is 486 g/mol. The van der Waals surface area contributed by atoms with Crippen LogP contribution in [0.15, 0.2) is 35.3 Å². The van der Waals surface area contributed by atoms with Gasteiger partial charge >= 0.3 is 0 Å². The lowest BCUT2D eigenvalue weighted by Crippen LogP contribution is -2.46. The zero-order valence-corrected chi connectivity index (χ0v) is 19.1. The summed E-state index contributed by atoms with van der Waals surface area (Å²) in [5, 5.41) is 3.57. The number of hydrogen-bond donors (Lipinski definition) is 1. The molecule has 0 amide bonds. The van der Waals surface area contributed by atoms with Gasteiger partial charge in [-0.15, -0.1) is 24.0 Å². The van der Waals surface area contributed by atoms with Crippen LogP contribution in [0.2, 0.25) is 0 Å². The number of guanidine groups is 1. The van der Waals surface area contributed by atoms with Crippen LogP contribution in [0.25, 0.3) is 0 Å². The lowest BCUT2D eigenvalue weighted by Gasteiger charge is -2.28. The average Bonchev–Trinajstić information content (AvgIpc) is 3.39. The van der Waals surface area contributed by atoms with E-state index in [0.29, 0.717) is 6.04 Å². The summed E-state index contributed by atoms with van der Waals surface area (Å²) in [6, 6.07) is 11.3. The first-order valence-corrected chi connectivity index (χ1v) is 10.0. The zero-order valence-electron chi connectivity index (χ0n) is 16.8. The van der Waals surface area contributed by atoms with Gasteiger partial charge in [0.05, 0.1) is 6.61 Å². The minimum absolute atomic E-state index is 0. The Labute approximate surface area is 181 Å². The molecular weight excluding hydrogens is 451 g/mol. The first kappa shape index (κ1) is 22.4.